The van der Waals surface area contributed by atoms with E-state index < -0.39 is 5.97 Å². The van der Waals surface area contributed by atoms with Gasteiger partial charge in [-0.1, -0.05) is 11.6 Å². The highest BCUT2D eigenvalue weighted by molar-refractivity contribution is 6.29. The van der Waals surface area contributed by atoms with Crippen LogP contribution in [-0.2, 0) is 4.74 Å². The molecule has 0 fully saturated rings. The maximum atomic E-state index is 11.4. The molecule has 2 aromatic heterocycles. The van der Waals surface area contributed by atoms with Crippen LogP contribution in [0.2, 0.25) is 5.15 Å². The van der Waals surface area contributed by atoms with Crippen LogP contribution in [0.1, 0.15) is 17.5 Å². The van der Waals surface area contributed by atoms with E-state index in [1.54, 1.807) is 19.1 Å². The molecule has 0 aliphatic carbocycles. The van der Waals surface area contributed by atoms with Crippen molar-refractivity contribution in [1.29, 1.82) is 0 Å². The Labute approximate surface area is 96.4 Å². The van der Waals surface area contributed by atoms with Gasteiger partial charge in [-0.25, -0.2) is 19.7 Å². The summed E-state index contributed by atoms with van der Waals surface area (Å²) in [6, 6.07) is 3.28. The highest BCUT2D eigenvalue weighted by Crippen LogP contribution is 2.12. The minimum atomic E-state index is -0.542. The van der Waals surface area contributed by atoms with E-state index in [1.165, 1.54) is 6.20 Å². The van der Waals surface area contributed by atoms with Crippen molar-refractivity contribution >= 4 is 28.6 Å². The fourth-order valence-electron chi connectivity index (χ4n) is 1.19. The minimum Gasteiger partial charge on any atom is -0.460 e. The Hall–Kier alpha value is -1.75. The number of aromatic nitrogens is 3. The average Bonchev–Trinajstić information content (AvgIpc) is 2.28. The van der Waals surface area contributed by atoms with Crippen molar-refractivity contribution in [2.24, 2.45) is 0 Å². The summed E-state index contributed by atoms with van der Waals surface area (Å²) >= 11 is 5.71. The van der Waals surface area contributed by atoms with Gasteiger partial charge in [0.1, 0.15) is 10.7 Å². The number of hydrogen-bond acceptors (Lipinski definition) is 5. The molecule has 0 unspecified atom stereocenters. The van der Waals surface area contributed by atoms with Gasteiger partial charge in [0.25, 0.3) is 0 Å². The quantitative estimate of drug-likeness (QED) is 0.589. The summed E-state index contributed by atoms with van der Waals surface area (Å²) in [6.07, 6.45) is 1.44. The third kappa shape index (κ3) is 2.09. The summed E-state index contributed by atoms with van der Waals surface area (Å²) in [5.74, 6) is -0.516. The molecule has 2 heterocycles. The summed E-state index contributed by atoms with van der Waals surface area (Å²) in [5, 5.41) is 0.361. The van der Waals surface area contributed by atoms with E-state index in [2.05, 4.69) is 15.0 Å². The van der Waals surface area contributed by atoms with E-state index in [0.29, 0.717) is 22.8 Å². The van der Waals surface area contributed by atoms with Crippen molar-refractivity contribution < 1.29 is 9.53 Å². The molecule has 0 amide bonds. The predicted molar refractivity (Wildman–Crippen MR) is 58.3 cm³/mol. The third-order valence-electron chi connectivity index (χ3n) is 1.86. The van der Waals surface area contributed by atoms with Crippen LogP contribution in [0, 0.1) is 0 Å². The van der Waals surface area contributed by atoms with Crippen LogP contribution in [-0.4, -0.2) is 27.5 Å². The number of fused-ring (bicyclic) bond motifs is 1. The van der Waals surface area contributed by atoms with Gasteiger partial charge in [-0.2, -0.15) is 0 Å². The Kier molecular flexibility index (Phi) is 2.96. The molecule has 0 radical (unpaired) electrons. The lowest BCUT2D eigenvalue weighted by atomic mass is 10.3. The van der Waals surface area contributed by atoms with E-state index in [4.69, 9.17) is 16.3 Å². The number of nitrogens with zero attached hydrogens (tertiary/aromatic N) is 3. The Morgan fingerprint density at radius 1 is 1.38 bits per heavy atom. The number of ether oxygens (including phenoxy) is 1. The van der Waals surface area contributed by atoms with Gasteiger partial charge in [0.2, 0.25) is 5.82 Å². The van der Waals surface area contributed by atoms with Gasteiger partial charge in [-0.3, -0.25) is 0 Å². The van der Waals surface area contributed by atoms with Crippen LogP contribution < -0.4 is 0 Å². The molecule has 0 atom stereocenters. The predicted octanol–water partition coefficient (Wildman–Crippen LogP) is 1.85. The lowest BCUT2D eigenvalue weighted by Crippen LogP contribution is -2.09. The highest BCUT2D eigenvalue weighted by atomic mass is 35.5. The second-order valence-electron chi connectivity index (χ2n) is 2.95. The standard InChI is InChI=1S/C10H8ClN3O2/c1-2-16-10(15)9-12-5-7-6(14-9)3-4-8(11)13-7/h3-5H,2H2,1H3. The van der Waals surface area contributed by atoms with Gasteiger partial charge in [-0.15, -0.1) is 0 Å². The lowest BCUT2D eigenvalue weighted by Gasteiger charge is -2.01. The number of rotatable bonds is 2. The van der Waals surface area contributed by atoms with Crippen LogP contribution in [0.15, 0.2) is 18.3 Å². The molecule has 0 aliphatic heterocycles. The highest BCUT2D eigenvalue weighted by Gasteiger charge is 2.11. The first-order valence-electron chi connectivity index (χ1n) is 4.67. The number of esters is 1. The first-order valence-corrected chi connectivity index (χ1v) is 5.05. The number of hydrogen-bond donors (Lipinski definition) is 0. The fourth-order valence-corrected chi connectivity index (χ4v) is 1.35. The number of pyridine rings is 1. The van der Waals surface area contributed by atoms with Crippen LogP contribution in [0.3, 0.4) is 0 Å². The van der Waals surface area contributed by atoms with Crippen molar-refractivity contribution in [2.75, 3.05) is 6.61 Å². The molecule has 0 bridgehead atoms. The van der Waals surface area contributed by atoms with E-state index in [-0.39, 0.29) is 5.82 Å². The monoisotopic (exact) mass is 237 g/mol. The first kappa shape index (κ1) is 10.8. The van der Waals surface area contributed by atoms with Gasteiger partial charge < -0.3 is 4.74 Å². The van der Waals surface area contributed by atoms with E-state index in [9.17, 15) is 4.79 Å². The molecule has 6 heteroatoms. The zero-order valence-corrected chi connectivity index (χ0v) is 9.23. The Morgan fingerprint density at radius 2 is 2.19 bits per heavy atom. The van der Waals surface area contributed by atoms with Gasteiger partial charge in [0, 0.05) is 0 Å². The average molecular weight is 238 g/mol. The maximum Gasteiger partial charge on any atom is 0.376 e. The second-order valence-corrected chi connectivity index (χ2v) is 3.34. The van der Waals surface area contributed by atoms with Crippen molar-refractivity contribution in [2.45, 2.75) is 6.92 Å². The van der Waals surface area contributed by atoms with Crippen molar-refractivity contribution in [3.05, 3.63) is 29.3 Å². The number of carbonyl (C=O) groups is 1. The Bertz CT molecular complexity index is 545. The summed E-state index contributed by atoms with van der Waals surface area (Å²) in [5.41, 5.74) is 1.10. The minimum absolute atomic E-state index is 0.0264. The summed E-state index contributed by atoms with van der Waals surface area (Å²) in [4.78, 5) is 23.3. The lowest BCUT2D eigenvalue weighted by molar-refractivity contribution is 0.0512. The van der Waals surface area contributed by atoms with Crippen molar-refractivity contribution in [3.8, 4) is 0 Å². The van der Waals surface area contributed by atoms with E-state index >= 15 is 0 Å². The molecule has 82 valence electrons. The van der Waals surface area contributed by atoms with Crippen LogP contribution >= 0.6 is 11.6 Å². The van der Waals surface area contributed by atoms with Crippen LogP contribution in [0.5, 0.6) is 0 Å². The van der Waals surface area contributed by atoms with Crippen molar-refractivity contribution in [3.63, 3.8) is 0 Å². The molecule has 0 saturated heterocycles. The van der Waals surface area contributed by atoms with Gasteiger partial charge in [0.05, 0.1) is 18.3 Å². The van der Waals surface area contributed by atoms with Gasteiger partial charge >= 0.3 is 5.97 Å². The number of halogens is 1. The molecule has 0 saturated carbocycles. The zero-order valence-electron chi connectivity index (χ0n) is 8.48. The van der Waals surface area contributed by atoms with E-state index in [1.807, 2.05) is 0 Å². The summed E-state index contributed by atoms with van der Waals surface area (Å²) in [6.45, 7) is 2.01. The van der Waals surface area contributed by atoms with Gasteiger partial charge in [-0.05, 0) is 19.1 Å². The first-order chi connectivity index (χ1) is 7.70. The fraction of sp³-hybridized carbons (Fsp3) is 0.200. The molecule has 2 aromatic rings. The molecule has 0 aliphatic rings. The largest absolute Gasteiger partial charge is 0.460 e. The number of carbonyl (C=O) groups excluding carboxylic acids is 1. The third-order valence-corrected chi connectivity index (χ3v) is 2.07. The SMILES string of the molecule is CCOC(=O)c1ncc2nc(Cl)ccc2n1. The van der Waals surface area contributed by atoms with E-state index in [0.717, 1.165) is 0 Å². The molecule has 5 nitrogen and oxygen atoms in total. The second kappa shape index (κ2) is 4.40. The van der Waals surface area contributed by atoms with Crippen LogP contribution in [0.25, 0.3) is 11.0 Å². The molecule has 0 aromatic carbocycles. The van der Waals surface area contributed by atoms with Gasteiger partial charge in [0.15, 0.2) is 0 Å². The Morgan fingerprint density at radius 3 is 2.94 bits per heavy atom. The summed E-state index contributed by atoms with van der Waals surface area (Å²) in [7, 11) is 0. The van der Waals surface area contributed by atoms with Crippen LogP contribution in [0.4, 0.5) is 0 Å². The molecule has 0 spiro atoms. The maximum absolute atomic E-state index is 11.4. The van der Waals surface area contributed by atoms with Crippen molar-refractivity contribution in [1.82, 2.24) is 15.0 Å². The molecule has 16 heavy (non-hydrogen) atoms. The molecule has 2 rings (SSSR count). The molecular formula is C10H8ClN3O2. The topological polar surface area (TPSA) is 65.0 Å². The molecule has 0 N–H and O–H groups in total. The molecular weight excluding hydrogens is 230 g/mol. The summed E-state index contributed by atoms with van der Waals surface area (Å²) < 4.78 is 4.79. The zero-order chi connectivity index (χ0) is 11.5. The Balaban J connectivity index is 2.44. The normalized spacial score (nSPS) is 10.4. The smallest absolute Gasteiger partial charge is 0.376 e.